The monoisotopic (exact) mass is 379 g/mol. The predicted octanol–water partition coefficient (Wildman–Crippen LogP) is 3.17. The van der Waals surface area contributed by atoms with Crippen LogP contribution in [0.25, 0.3) is 10.7 Å². The first kappa shape index (κ1) is 17.9. The number of amides is 3. The Morgan fingerprint density at radius 1 is 1.36 bits per heavy atom. The van der Waals surface area contributed by atoms with Crippen LogP contribution in [0.5, 0.6) is 0 Å². The summed E-state index contributed by atoms with van der Waals surface area (Å²) in [5.41, 5.74) is 0. The molecule has 0 spiro atoms. The molecule has 0 aromatic carbocycles. The highest BCUT2D eigenvalue weighted by Gasteiger charge is 2.21. The fraction of sp³-hybridized carbons (Fsp3) is 0.500. The van der Waals surface area contributed by atoms with Crippen LogP contribution in [0.15, 0.2) is 22.7 Å². The summed E-state index contributed by atoms with van der Waals surface area (Å²) < 4.78 is 0. The van der Waals surface area contributed by atoms with Gasteiger partial charge in [-0.2, -0.15) is 0 Å². The number of aromatic nitrogens is 3. The Balaban J connectivity index is 1.48. The zero-order valence-electron chi connectivity index (χ0n) is 13.9. The number of thiophene rings is 1. The fourth-order valence-electron chi connectivity index (χ4n) is 2.72. The molecular weight excluding hydrogens is 358 g/mol. The van der Waals surface area contributed by atoms with Crippen LogP contribution < -0.4 is 10.6 Å². The molecule has 0 saturated heterocycles. The van der Waals surface area contributed by atoms with E-state index in [4.69, 9.17) is 0 Å². The van der Waals surface area contributed by atoms with Gasteiger partial charge in [0.2, 0.25) is 11.1 Å². The maximum absolute atomic E-state index is 12.2. The number of rotatable bonds is 5. The Bertz CT molecular complexity index is 710. The summed E-state index contributed by atoms with van der Waals surface area (Å²) in [6.45, 7) is 1.73. The molecule has 134 valence electrons. The molecule has 7 nitrogen and oxygen atoms in total. The molecular formula is C16H21N5O2S2. The van der Waals surface area contributed by atoms with E-state index in [1.807, 2.05) is 17.5 Å². The zero-order chi connectivity index (χ0) is 17.6. The number of hydrogen-bond donors (Lipinski definition) is 3. The normalized spacial score (nSPS) is 16.4. The Labute approximate surface area is 154 Å². The molecule has 1 aliphatic rings. The number of carbonyl (C=O) groups excluding carboxylic acids is 2. The van der Waals surface area contributed by atoms with Crippen molar-refractivity contribution in [1.82, 2.24) is 25.8 Å². The minimum atomic E-state index is -0.468. The molecule has 0 unspecified atom stereocenters. The topological polar surface area (TPSA) is 99.8 Å². The Hall–Kier alpha value is -1.87. The zero-order valence-corrected chi connectivity index (χ0v) is 15.6. The van der Waals surface area contributed by atoms with Gasteiger partial charge in [-0.25, -0.2) is 9.78 Å². The van der Waals surface area contributed by atoms with Crippen molar-refractivity contribution in [3.05, 3.63) is 17.5 Å². The number of aromatic amines is 1. The molecule has 2 heterocycles. The van der Waals surface area contributed by atoms with Crippen LogP contribution in [0.4, 0.5) is 4.79 Å². The van der Waals surface area contributed by atoms with E-state index in [-0.39, 0.29) is 11.9 Å². The van der Waals surface area contributed by atoms with E-state index < -0.39 is 11.3 Å². The lowest BCUT2D eigenvalue weighted by atomic mass is 9.96. The summed E-state index contributed by atoms with van der Waals surface area (Å²) in [7, 11) is 0. The van der Waals surface area contributed by atoms with Crippen LogP contribution in [0, 0.1) is 0 Å². The lowest BCUT2D eigenvalue weighted by molar-refractivity contribution is -0.119. The van der Waals surface area contributed by atoms with Crippen LogP contribution in [-0.4, -0.2) is 38.4 Å². The molecule has 0 bridgehead atoms. The molecule has 3 rings (SSSR count). The maximum Gasteiger partial charge on any atom is 0.321 e. The Kier molecular flexibility index (Phi) is 6.09. The van der Waals surface area contributed by atoms with Gasteiger partial charge in [0.1, 0.15) is 0 Å². The van der Waals surface area contributed by atoms with Crippen molar-refractivity contribution in [1.29, 1.82) is 0 Å². The molecule has 1 saturated carbocycles. The summed E-state index contributed by atoms with van der Waals surface area (Å²) in [6, 6.07) is 3.64. The smallest absolute Gasteiger partial charge is 0.321 e. The Morgan fingerprint density at radius 3 is 2.88 bits per heavy atom. The molecule has 25 heavy (non-hydrogen) atoms. The summed E-state index contributed by atoms with van der Waals surface area (Å²) >= 11 is 2.78. The van der Waals surface area contributed by atoms with Crippen LogP contribution in [0.3, 0.4) is 0 Å². The van der Waals surface area contributed by atoms with Gasteiger partial charge in [0.05, 0.1) is 10.1 Å². The van der Waals surface area contributed by atoms with Gasteiger partial charge in [0.25, 0.3) is 0 Å². The average molecular weight is 380 g/mol. The van der Waals surface area contributed by atoms with Crippen molar-refractivity contribution in [2.75, 3.05) is 0 Å². The molecule has 1 fully saturated rings. The molecule has 1 atom stereocenters. The maximum atomic E-state index is 12.2. The minimum Gasteiger partial charge on any atom is -0.335 e. The number of carbonyl (C=O) groups is 2. The van der Waals surface area contributed by atoms with Gasteiger partial charge < -0.3 is 5.32 Å². The lowest BCUT2D eigenvalue weighted by Gasteiger charge is -2.22. The summed E-state index contributed by atoms with van der Waals surface area (Å²) in [5.74, 6) is 0.334. The Morgan fingerprint density at radius 2 is 2.16 bits per heavy atom. The van der Waals surface area contributed by atoms with E-state index in [1.54, 1.807) is 18.3 Å². The third kappa shape index (κ3) is 5.05. The van der Waals surface area contributed by atoms with Gasteiger partial charge in [-0.05, 0) is 31.2 Å². The van der Waals surface area contributed by atoms with Crippen LogP contribution >= 0.6 is 23.1 Å². The molecule has 1 aliphatic carbocycles. The highest BCUT2D eigenvalue weighted by atomic mass is 32.2. The first-order chi connectivity index (χ1) is 12.1. The lowest BCUT2D eigenvalue weighted by Crippen LogP contribution is -2.47. The highest BCUT2D eigenvalue weighted by Crippen LogP contribution is 2.25. The quantitative estimate of drug-likeness (QED) is 0.693. The minimum absolute atomic E-state index is 0.172. The molecule has 0 aliphatic heterocycles. The van der Waals surface area contributed by atoms with E-state index in [0.717, 1.165) is 30.6 Å². The van der Waals surface area contributed by atoms with Crippen molar-refractivity contribution in [3.8, 4) is 10.7 Å². The van der Waals surface area contributed by atoms with E-state index in [2.05, 4.69) is 25.8 Å². The van der Waals surface area contributed by atoms with Crippen molar-refractivity contribution in [2.45, 2.75) is 55.5 Å². The van der Waals surface area contributed by atoms with E-state index >= 15 is 0 Å². The summed E-state index contributed by atoms with van der Waals surface area (Å²) in [6.07, 6.45) is 5.44. The molecule has 3 amide bonds. The number of thioether (sulfide) groups is 1. The number of nitrogens with zero attached hydrogens (tertiary/aromatic N) is 2. The van der Waals surface area contributed by atoms with Gasteiger partial charge in [-0.1, -0.05) is 37.1 Å². The van der Waals surface area contributed by atoms with Gasteiger partial charge in [0, 0.05) is 6.04 Å². The van der Waals surface area contributed by atoms with Crippen LogP contribution in [0.2, 0.25) is 0 Å². The average Bonchev–Trinajstić information content (AvgIpc) is 3.26. The van der Waals surface area contributed by atoms with E-state index in [9.17, 15) is 9.59 Å². The van der Waals surface area contributed by atoms with Crippen LogP contribution in [-0.2, 0) is 4.79 Å². The molecule has 2 aromatic heterocycles. The molecule has 0 radical (unpaired) electrons. The predicted molar refractivity (Wildman–Crippen MR) is 98.6 cm³/mol. The number of imide groups is 1. The molecule has 9 heteroatoms. The fourth-order valence-corrected chi connectivity index (χ4v) is 4.10. The molecule has 3 N–H and O–H groups in total. The first-order valence-electron chi connectivity index (χ1n) is 8.36. The van der Waals surface area contributed by atoms with Gasteiger partial charge >= 0.3 is 6.03 Å². The molecule has 2 aromatic rings. The van der Waals surface area contributed by atoms with Crippen molar-refractivity contribution >= 4 is 35.0 Å². The van der Waals surface area contributed by atoms with Gasteiger partial charge in [-0.15, -0.1) is 16.4 Å². The van der Waals surface area contributed by atoms with Crippen molar-refractivity contribution in [2.24, 2.45) is 0 Å². The van der Waals surface area contributed by atoms with Crippen molar-refractivity contribution in [3.63, 3.8) is 0 Å². The number of hydrogen-bond acceptors (Lipinski definition) is 6. The number of nitrogens with one attached hydrogen (secondary N) is 3. The third-order valence-corrected chi connectivity index (χ3v) is 5.89. The standard InChI is InChI=1S/C16H21N5O2S2/c1-10(14(22)19-15(23)17-11-6-3-2-4-7-11)25-16-18-13(20-21-16)12-8-5-9-24-12/h5,8-11H,2-4,6-7H2,1H3,(H,18,20,21)(H2,17,19,22,23)/t10-/m0/s1. The van der Waals surface area contributed by atoms with E-state index in [1.165, 1.54) is 18.2 Å². The largest absolute Gasteiger partial charge is 0.335 e. The van der Waals surface area contributed by atoms with Crippen LogP contribution in [0.1, 0.15) is 39.0 Å². The highest BCUT2D eigenvalue weighted by molar-refractivity contribution is 8.00. The first-order valence-corrected chi connectivity index (χ1v) is 10.1. The second-order valence-electron chi connectivity index (χ2n) is 6.00. The SMILES string of the molecule is C[C@H](Sc1n[nH]c(-c2cccs2)n1)C(=O)NC(=O)NC1CCCCC1. The summed E-state index contributed by atoms with van der Waals surface area (Å²) in [5, 5.41) is 14.2. The van der Waals surface area contributed by atoms with Crippen molar-refractivity contribution < 1.29 is 9.59 Å². The second-order valence-corrected chi connectivity index (χ2v) is 8.26. The van der Waals surface area contributed by atoms with Gasteiger partial charge in [-0.3, -0.25) is 15.2 Å². The number of urea groups is 1. The second kappa shape index (κ2) is 8.48. The summed E-state index contributed by atoms with van der Waals surface area (Å²) in [4.78, 5) is 29.5. The van der Waals surface area contributed by atoms with E-state index in [0.29, 0.717) is 11.0 Å². The number of H-pyrrole nitrogens is 1. The van der Waals surface area contributed by atoms with Gasteiger partial charge in [0.15, 0.2) is 5.82 Å². The third-order valence-electron chi connectivity index (χ3n) is 4.05.